The summed E-state index contributed by atoms with van der Waals surface area (Å²) in [5.41, 5.74) is 0. The van der Waals surface area contributed by atoms with Crippen molar-refractivity contribution in [3.63, 3.8) is 0 Å². The molecule has 2 atom stereocenters. The van der Waals surface area contributed by atoms with Crippen molar-refractivity contribution in [3.8, 4) is 0 Å². The molecule has 1 fully saturated rings. The van der Waals surface area contributed by atoms with E-state index in [1.807, 2.05) is 10.8 Å². The van der Waals surface area contributed by atoms with Crippen LogP contribution in [0.2, 0.25) is 0 Å². The average Bonchev–Trinajstić information content (AvgIpc) is 3.08. The van der Waals surface area contributed by atoms with Crippen molar-refractivity contribution in [1.82, 2.24) is 19.2 Å². The number of sulfonamides is 1. The maximum atomic E-state index is 12.4. The summed E-state index contributed by atoms with van der Waals surface area (Å²) in [6.07, 6.45) is 9.65. The smallest absolute Gasteiger partial charge is 0.222 e. The Morgan fingerprint density at radius 2 is 2.17 bits per heavy atom. The van der Waals surface area contributed by atoms with Gasteiger partial charge in [0.05, 0.1) is 12.6 Å². The topological polar surface area (TPSA) is 84.3 Å². The predicted molar refractivity (Wildman–Crippen MR) is 88.2 cm³/mol. The van der Waals surface area contributed by atoms with Gasteiger partial charge in [0, 0.05) is 44.5 Å². The SMILES string of the molecule is CCCC1CN(C(=O)CCCn2ccnc2)CC1NS(C)(=O)=O. The number of carbonyl (C=O) groups is 1. The van der Waals surface area contributed by atoms with Crippen LogP contribution in [-0.2, 0) is 21.4 Å². The molecule has 0 radical (unpaired) electrons. The number of aromatic nitrogens is 2. The molecule has 130 valence electrons. The van der Waals surface area contributed by atoms with Crippen molar-refractivity contribution < 1.29 is 13.2 Å². The Morgan fingerprint density at radius 1 is 1.39 bits per heavy atom. The standard InChI is InChI=1S/C15H26N4O3S/c1-3-5-13-10-19(11-14(13)17-23(2,21)22)15(20)6-4-8-18-9-7-16-12-18/h7,9,12-14,17H,3-6,8,10-11H2,1-2H3. The van der Waals surface area contributed by atoms with E-state index in [2.05, 4.69) is 16.6 Å². The first-order valence-electron chi connectivity index (χ1n) is 8.10. The lowest BCUT2D eigenvalue weighted by molar-refractivity contribution is -0.130. The normalized spacial score (nSPS) is 21.7. The highest BCUT2D eigenvalue weighted by Crippen LogP contribution is 2.23. The third-order valence-corrected chi connectivity index (χ3v) is 4.92. The van der Waals surface area contributed by atoms with E-state index in [1.165, 1.54) is 6.26 Å². The largest absolute Gasteiger partial charge is 0.341 e. The molecule has 1 aromatic rings. The van der Waals surface area contributed by atoms with Gasteiger partial charge >= 0.3 is 0 Å². The van der Waals surface area contributed by atoms with Gasteiger partial charge in [-0.3, -0.25) is 4.79 Å². The Labute approximate surface area is 138 Å². The Hall–Kier alpha value is -1.41. The van der Waals surface area contributed by atoms with Gasteiger partial charge < -0.3 is 9.47 Å². The second kappa shape index (κ2) is 7.92. The quantitative estimate of drug-likeness (QED) is 0.759. The van der Waals surface area contributed by atoms with Crippen molar-refractivity contribution in [2.75, 3.05) is 19.3 Å². The zero-order valence-electron chi connectivity index (χ0n) is 13.8. The zero-order valence-corrected chi connectivity index (χ0v) is 14.6. The number of nitrogens with one attached hydrogen (secondary N) is 1. The number of amides is 1. The summed E-state index contributed by atoms with van der Waals surface area (Å²) in [6.45, 7) is 3.96. The molecule has 0 saturated carbocycles. The van der Waals surface area contributed by atoms with Gasteiger partial charge in [0.15, 0.2) is 0 Å². The van der Waals surface area contributed by atoms with Crippen LogP contribution in [0.25, 0.3) is 0 Å². The van der Waals surface area contributed by atoms with Crippen LogP contribution in [0.1, 0.15) is 32.6 Å². The van der Waals surface area contributed by atoms with Gasteiger partial charge in [0.25, 0.3) is 0 Å². The molecule has 2 rings (SSSR count). The van der Waals surface area contributed by atoms with Gasteiger partial charge in [-0.25, -0.2) is 18.1 Å². The molecule has 0 bridgehead atoms. The van der Waals surface area contributed by atoms with Crippen LogP contribution in [0.5, 0.6) is 0 Å². The first-order valence-corrected chi connectivity index (χ1v) is 9.99. The molecule has 0 aromatic carbocycles. The first-order chi connectivity index (χ1) is 10.9. The van der Waals surface area contributed by atoms with Crippen molar-refractivity contribution in [1.29, 1.82) is 0 Å². The molecular weight excluding hydrogens is 316 g/mol. The van der Waals surface area contributed by atoms with E-state index in [0.717, 1.165) is 25.8 Å². The highest BCUT2D eigenvalue weighted by molar-refractivity contribution is 7.88. The third-order valence-electron chi connectivity index (χ3n) is 4.18. The molecule has 23 heavy (non-hydrogen) atoms. The van der Waals surface area contributed by atoms with E-state index in [0.29, 0.717) is 19.5 Å². The van der Waals surface area contributed by atoms with E-state index in [-0.39, 0.29) is 17.9 Å². The Bertz CT molecular complexity index is 600. The summed E-state index contributed by atoms with van der Waals surface area (Å²) in [6, 6.07) is -0.164. The molecule has 1 aliphatic rings. The Morgan fingerprint density at radius 3 is 2.78 bits per heavy atom. The number of likely N-dealkylation sites (tertiary alicyclic amines) is 1. The molecule has 2 unspecified atom stereocenters. The maximum Gasteiger partial charge on any atom is 0.222 e. The van der Waals surface area contributed by atoms with Crippen LogP contribution >= 0.6 is 0 Å². The van der Waals surface area contributed by atoms with E-state index in [9.17, 15) is 13.2 Å². The number of carbonyl (C=O) groups excluding carboxylic acids is 1. The molecule has 1 saturated heterocycles. The van der Waals surface area contributed by atoms with E-state index in [1.54, 1.807) is 17.4 Å². The molecule has 1 aromatic heterocycles. The lowest BCUT2D eigenvalue weighted by Crippen LogP contribution is -2.40. The Kier molecular flexibility index (Phi) is 6.17. The number of hydrogen-bond acceptors (Lipinski definition) is 4. The molecular formula is C15H26N4O3S. The number of imidazole rings is 1. The third kappa shape index (κ3) is 5.62. The first kappa shape index (κ1) is 17.9. The van der Waals surface area contributed by atoms with E-state index >= 15 is 0 Å². The average molecular weight is 342 g/mol. The van der Waals surface area contributed by atoms with Gasteiger partial charge in [-0.2, -0.15) is 0 Å². The van der Waals surface area contributed by atoms with Gasteiger partial charge in [-0.05, 0) is 18.8 Å². The van der Waals surface area contributed by atoms with Gasteiger partial charge in [0.1, 0.15) is 0 Å². The number of rotatable bonds is 8. The van der Waals surface area contributed by atoms with Gasteiger partial charge in [-0.1, -0.05) is 13.3 Å². The van der Waals surface area contributed by atoms with Crippen molar-refractivity contribution in [2.24, 2.45) is 5.92 Å². The minimum absolute atomic E-state index is 0.101. The minimum Gasteiger partial charge on any atom is -0.341 e. The summed E-state index contributed by atoms with van der Waals surface area (Å²) in [5, 5.41) is 0. The number of nitrogens with zero attached hydrogens (tertiary/aromatic N) is 3. The van der Waals surface area contributed by atoms with Gasteiger partial charge in [-0.15, -0.1) is 0 Å². The fourth-order valence-corrected chi connectivity index (χ4v) is 3.95. The molecule has 1 amide bonds. The minimum atomic E-state index is -3.25. The molecule has 1 aliphatic heterocycles. The van der Waals surface area contributed by atoms with Gasteiger partial charge in [0.2, 0.25) is 15.9 Å². The van der Waals surface area contributed by atoms with Crippen molar-refractivity contribution >= 4 is 15.9 Å². The maximum absolute atomic E-state index is 12.4. The van der Waals surface area contributed by atoms with E-state index < -0.39 is 10.0 Å². The van der Waals surface area contributed by atoms with Crippen molar-refractivity contribution in [2.45, 2.75) is 45.2 Å². The highest BCUT2D eigenvalue weighted by Gasteiger charge is 2.35. The molecule has 1 N–H and O–H groups in total. The lowest BCUT2D eigenvalue weighted by Gasteiger charge is -2.17. The second-order valence-corrected chi connectivity index (χ2v) is 8.03. The van der Waals surface area contributed by atoms with Crippen LogP contribution in [0, 0.1) is 5.92 Å². The fourth-order valence-electron chi connectivity index (χ4n) is 3.14. The predicted octanol–water partition coefficient (Wildman–Crippen LogP) is 0.840. The number of hydrogen-bond donors (Lipinski definition) is 1. The summed E-state index contributed by atoms with van der Waals surface area (Å²) >= 11 is 0. The summed E-state index contributed by atoms with van der Waals surface area (Å²) in [7, 11) is -3.25. The lowest BCUT2D eigenvalue weighted by atomic mass is 9.99. The summed E-state index contributed by atoms with van der Waals surface area (Å²) < 4.78 is 27.6. The van der Waals surface area contributed by atoms with Crippen LogP contribution in [0.4, 0.5) is 0 Å². The van der Waals surface area contributed by atoms with Crippen molar-refractivity contribution in [3.05, 3.63) is 18.7 Å². The molecule has 0 aliphatic carbocycles. The number of aryl methyl sites for hydroxylation is 1. The molecule has 2 heterocycles. The van der Waals surface area contributed by atoms with Crippen LogP contribution in [0.3, 0.4) is 0 Å². The molecule has 0 spiro atoms. The fraction of sp³-hybridized carbons (Fsp3) is 0.733. The van der Waals surface area contributed by atoms with Crippen LogP contribution in [0.15, 0.2) is 18.7 Å². The summed E-state index contributed by atoms with van der Waals surface area (Å²) in [4.78, 5) is 18.1. The summed E-state index contributed by atoms with van der Waals surface area (Å²) in [5.74, 6) is 0.302. The van der Waals surface area contributed by atoms with Crippen LogP contribution < -0.4 is 4.72 Å². The van der Waals surface area contributed by atoms with E-state index in [4.69, 9.17) is 0 Å². The highest BCUT2D eigenvalue weighted by atomic mass is 32.2. The second-order valence-electron chi connectivity index (χ2n) is 6.25. The molecule has 7 nitrogen and oxygen atoms in total. The zero-order chi connectivity index (χ0) is 16.9. The monoisotopic (exact) mass is 342 g/mol. The van der Waals surface area contributed by atoms with Crippen LogP contribution in [-0.4, -0.2) is 54.2 Å². The molecule has 8 heteroatoms. The Balaban J connectivity index is 1.85.